The second-order valence-electron chi connectivity index (χ2n) is 3.07. The van der Waals surface area contributed by atoms with E-state index in [2.05, 4.69) is 9.97 Å². The first-order chi connectivity index (χ1) is 6.77. The third-order valence-corrected chi connectivity index (χ3v) is 2.46. The summed E-state index contributed by atoms with van der Waals surface area (Å²) in [5.74, 6) is 0.984. The number of halogens is 1. The molecular weight excluding hydrogens is 198 g/mol. The number of aryl methyl sites for hydroxylation is 1. The van der Waals surface area contributed by atoms with Gasteiger partial charge in [0.15, 0.2) is 0 Å². The fourth-order valence-electron chi connectivity index (χ4n) is 1.29. The van der Waals surface area contributed by atoms with Crippen molar-refractivity contribution < 1.29 is 0 Å². The predicted octanol–water partition coefficient (Wildman–Crippen LogP) is 2.29. The Hall–Kier alpha value is -1.35. The highest BCUT2D eigenvalue weighted by molar-refractivity contribution is 6.31. The molecule has 2 heterocycles. The van der Waals surface area contributed by atoms with E-state index in [-0.39, 0.29) is 0 Å². The highest BCUT2D eigenvalue weighted by Crippen LogP contribution is 2.15. The van der Waals surface area contributed by atoms with Crippen LogP contribution in [0.2, 0.25) is 5.02 Å². The molecule has 0 N–H and O–H groups in total. The molecule has 0 aromatic carbocycles. The van der Waals surface area contributed by atoms with E-state index in [4.69, 9.17) is 11.6 Å². The molecule has 0 fully saturated rings. The molecule has 0 aliphatic heterocycles. The first-order valence-electron chi connectivity index (χ1n) is 4.33. The minimum atomic E-state index is 0.695. The molecule has 72 valence electrons. The Balaban J connectivity index is 2.28. The van der Waals surface area contributed by atoms with Gasteiger partial charge < -0.3 is 4.57 Å². The quantitative estimate of drug-likeness (QED) is 0.757. The number of aromatic nitrogens is 3. The Morgan fingerprint density at radius 1 is 1.43 bits per heavy atom. The van der Waals surface area contributed by atoms with Crippen LogP contribution in [0.3, 0.4) is 0 Å². The fraction of sp³-hybridized carbons (Fsp3) is 0.200. The van der Waals surface area contributed by atoms with Gasteiger partial charge in [0, 0.05) is 24.8 Å². The molecule has 0 radical (unpaired) electrons. The van der Waals surface area contributed by atoms with E-state index in [1.54, 1.807) is 18.6 Å². The van der Waals surface area contributed by atoms with E-state index < -0.39 is 0 Å². The number of imidazole rings is 1. The number of nitrogens with zero attached hydrogens (tertiary/aromatic N) is 3. The van der Waals surface area contributed by atoms with Crippen LogP contribution < -0.4 is 0 Å². The van der Waals surface area contributed by atoms with Crippen LogP contribution in [0, 0.1) is 6.92 Å². The molecule has 0 amide bonds. The Kier molecular flexibility index (Phi) is 2.50. The molecular formula is C10H10ClN3. The van der Waals surface area contributed by atoms with Crippen LogP contribution in [0.15, 0.2) is 30.9 Å². The molecule has 3 nitrogen and oxygen atoms in total. The minimum Gasteiger partial charge on any atom is -0.331 e. The Bertz CT molecular complexity index is 436. The lowest BCUT2D eigenvalue weighted by molar-refractivity contribution is 0.760. The smallest absolute Gasteiger partial charge is 0.105 e. The maximum absolute atomic E-state index is 6.00. The normalized spacial score (nSPS) is 10.4. The van der Waals surface area contributed by atoms with Gasteiger partial charge in [0.2, 0.25) is 0 Å². The van der Waals surface area contributed by atoms with E-state index in [1.165, 1.54) is 0 Å². The van der Waals surface area contributed by atoms with Gasteiger partial charge in [0.05, 0.1) is 11.6 Å². The van der Waals surface area contributed by atoms with E-state index in [1.807, 2.05) is 23.8 Å². The molecule has 2 aromatic rings. The molecule has 0 aliphatic carbocycles. The van der Waals surface area contributed by atoms with E-state index in [0.29, 0.717) is 5.02 Å². The zero-order valence-corrected chi connectivity index (χ0v) is 8.57. The topological polar surface area (TPSA) is 30.7 Å². The largest absolute Gasteiger partial charge is 0.331 e. The first kappa shape index (κ1) is 9.21. The van der Waals surface area contributed by atoms with Gasteiger partial charge in [-0.1, -0.05) is 11.6 Å². The SMILES string of the molecule is Cc1nccn1Cc1ccncc1Cl. The highest BCUT2D eigenvalue weighted by Gasteiger charge is 2.02. The average molecular weight is 208 g/mol. The molecule has 0 spiro atoms. The standard InChI is InChI=1S/C10H10ClN3/c1-8-13-4-5-14(8)7-9-2-3-12-6-10(9)11/h2-6H,7H2,1H3. The van der Waals surface area contributed by atoms with E-state index in [9.17, 15) is 0 Å². The number of rotatable bonds is 2. The number of hydrogen-bond acceptors (Lipinski definition) is 2. The van der Waals surface area contributed by atoms with Crippen molar-refractivity contribution in [1.29, 1.82) is 0 Å². The lowest BCUT2D eigenvalue weighted by Crippen LogP contribution is -2.01. The average Bonchev–Trinajstić information content (AvgIpc) is 2.56. The van der Waals surface area contributed by atoms with Crippen molar-refractivity contribution in [2.75, 3.05) is 0 Å². The molecule has 0 bridgehead atoms. The van der Waals surface area contributed by atoms with Crippen molar-refractivity contribution >= 4 is 11.6 Å². The number of hydrogen-bond donors (Lipinski definition) is 0. The van der Waals surface area contributed by atoms with Gasteiger partial charge in [-0.3, -0.25) is 4.98 Å². The second-order valence-corrected chi connectivity index (χ2v) is 3.48. The van der Waals surface area contributed by atoms with Crippen molar-refractivity contribution in [3.05, 3.63) is 47.3 Å². The predicted molar refractivity (Wildman–Crippen MR) is 55.3 cm³/mol. The third-order valence-electron chi connectivity index (χ3n) is 2.12. The summed E-state index contributed by atoms with van der Waals surface area (Å²) in [5, 5.41) is 0.695. The van der Waals surface area contributed by atoms with Crippen LogP contribution in [0.25, 0.3) is 0 Å². The summed E-state index contributed by atoms with van der Waals surface area (Å²) in [7, 11) is 0. The van der Waals surface area contributed by atoms with Crippen molar-refractivity contribution in [2.45, 2.75) is 13.5 Å². The molecule has 0 atom stereocenters. The summed E-state index contributed by atoms with van der Waals surface area (Å²) in [6.45, 7) is 2.71. The van der Waals surface area contributed by atoms with Crippen molar-refractivity contribution in [3.8, 4) is 0 Å². The third kappa shape index (κ3) is 1.77. The maximum atomic E-state index is 6.00. The summed E-state index contributed by atoms with van der Waals surface area (Å²) in [6.07, 6.45) is 7.12. The summed E-state index contributed by atoms with van der Waals surface area (Å²) in [6, 6.07) is 1.92. The summed E-state index contributed by atoms with van der Waals surface area (Å²) in [4.78, 5) is 8.09. The molecule has 0 saturated heterocycles. The Labute approximate surface area is 87.4 Å². The second kappa shape index (κ2) is 3.80. The number of pyridine rings is 1. The molecule has 0 unspecified atom stereocenters. The van der Waals surface area contributed by atoms with Crippen molar-refractivity contribution in [2.24, 2.45) is 0 Å². The van der Waals surface area contributed by atoms with Gasteiger partial charge in [-0.05, 0) is 18.6 Å². The lowest BCUT2D eigenvalue weighted by atomic mass is 10.2. The van der Waals surface area contributed by atoms with Crippen LogP contribution in [0.5, 0.6) is 0 Å². The fourth-order valence-corrected chi connectivity index (χ4v) is 1.47. The van der Waals surface area contributed by atoms with Gasteiger partial charge in [-0.25, -0.2) is 4.98 Å². The van der Waals surface area contributed by atoms with E-state index in [0.717, 1.165) is 17.9 Å². The molecule has 14 heavy (non-hydrogen) atoms. The minimum absolute atomic E-state index is 0.695. The summed E-state index contributed by atoms with van der Waals surface area (Å²) in [5.41, 5.74) is 1.06. The van der Waals surface area contributed by atoms with Crippen LogP contribution >= 0.6 is 11.6 Å². The monoisotopic (exact) mass is 207 g/mol. The first-order valence-corrected chi connectivity index (χ1v) is 4.71. The van der Waals surface area contributed by atoms with Gasteiger partial charge in [-0.15, -0.1) is 0 Å². The Morgan fingerprint density at radius 3 is 2.93 bits per heavy atom. The van der Waals surface area contributed by atoms with Crippen molar-refractivity contribution in [1.82, 2.24) is 14.5 Å². The summed E-state index contributed by atoms with van der Waals surface area (Å²) >= 11 is 6.00. The van der Waals surface area contributed by atoms with Gasteiger partial charge >= 0.3 is 0 Å². The highest BCUT2D eigenvalue weighted by atomic mass is 35.5. The zero-order valence-electron chi connectivity index (χ0n) is 7.81. The van der Waals surface area contributed by atoms with Gasteiger partial charge in [-0.2, -0.15) is 0 Å². The van der Waals surface area contributed by atoms with Crippen LogP contribution in [-0.2, 0) is 6.54 Å². The lowest BCUT2D eigenvalue weighted by Gasteiger charge is -2.05. The molecule has 2 rings (SSSR count). The van der Waals surface area contributed by atoms with E-state index >= 15 is 0 Å². The molecule has 0 saturated carbocycles. The maximum Gasteiger partial charge on any atom is 0.105 e. The molecule has 4 heteroatoms. The summed E-state index contributed by atoms with van der Waals surface area (Å²) < 4.78 is 2.04. The molecule has 2 aromatic heterocycles. The van der Waals surface area contributed by atoms with Crippen LogP contribution in [-0.4, -0.2) is 14.5 Å². The molecule has 0 aliphatic rings. The van der Waals surface area contributed by atoms with Crippen LogP contribution in [0.4, 0.5) is 0 Å². The van der Waals surface area contributed by atoms with Gasteiger partial charge in [0.25, 0.3) is 0 Å². The van der Waals surface area contributed by atoms with Crippen LogP contribution in [0.1, 0.15) is 11.4 Å². The Morgan fingerprint density at radius 2 is 2.29 bits per heavy atom. The van der Waals surface area contributed by atoms with Crippen molar-refractivity contribution in [3.63, 3.8) is 0 Å². The zero-order chi connectivity index (χ0) is 9.97. The van der Waals surface area contributed by atoms with Gasteiger partial charge in [0.1, 0.15) is 5.82 Å².